The fourth-order valence-corrected chi connectivity index (χ4v) is 4.44. The average molecular weight is 481 g/mol. The van der Waals surface area contributed by atoms with E-state index < -0.39 is 0 Å². The number of hydrogen-bond acceptors (Lipinski definition) is 3. The first-order valence-corrected chi connectivity index (χ1v) is 12.3. The summed E-state index contributed by atoms with van der Waals surface area (Å²) in [5, 5.41) is 6.36. The Kier molecular flexibility index (Phi) is 8.98. The van der Waals surface area contributed by atoms with Crippen LogP contribution in [0, 0.1) is 0 Å². The van der Waals surface area contributed by atoms with Crippen LogP contribution in [0.25, 0.3) is 0 Å². The largest absolute Gasteiger partial charge is 0.326 e. The average Bonchev–Trinajstić information content (AvgIpc) is 2.79. The molecule has 0 saturated carbocycles. The summed E-state index contributed by atoms with van der Waals surface area (Å²) in [7, 11) is 0. The predicted octanol–water partition coefficient (Wildman–Crippen LogP) is 7.15. The molecular weight excluding hydrogens is 452 g/mol. The molecule has 0 heterocycles. The smallest absolute Gasteiger partial charge is 0.237 e. The summed E-state index contributed by atoms with van der Waals surface area (Å²) in [6, 6.07) is 22.8. The quantitative estimate of drug-likeness (QED) is 0.319. The Hall–Kier alpha value is -2.76. The highest BCUT2D eigenvalue weighted by molar-refractivity contribution is 8.00. The highest BCUT2D eigenvalue weighted by atomic mass is 35.5. The number of carbonyl (C=O) groups excluding carboxylic acids is 2. The first-order chi connectivity index (χ1) is 15.8. The molecule has 0 aromatic heterocycles. The normalized spacial score (nSPS) is 11.8. The summed E-state index contributed by atoms with van der Waals surface area (Å²) in [6.07, 6.45) is 0.956. The molecule has 3 aromatic carbocycles. The molecule has 0 radical (unpaired) electrons. The SMILES string of the molecule is CCC(Sc1cccc(NC(=O)Cc2ccc(Cl)cc2)c1)C(=O)Nc1ccc(C(C)C)cc1. The van der Waals surface area contributed by atoms with Crippen molar-refractivity contribution < 1.29 is 9.59 Å². The van der Waals surface area contributed by atoms with Gasteiger partial charge in [0.25, 0.3) is 0 Å². The Balaban J connectivity index is 1.59. The predicted molar refractivity (Wildman–Crippen MR) is 139 cm³/mol. The summed E-state index contributed by atoms with van der Waals surface area (Å²) in [5.41, 5.74) is 3.64. The number of hydrogen-bond donors (Lipinski definition) is 2. The minimum atomic E-state index is -0.241. The second-order valence-electron chi connectivity index (χ2n) is 8.16. The highest BCUT2D eigenvalue weighted by Gasteiger charge is 2.18. The standard InChI is InChI=1S/C27H29ClN2O2S/c1-4-25(27(32)30-22-14-10-20(11-15-22)18(2)3)33-24-7-5-6-23(17-24)29-26(31)16-19-8-12-21(28)13-9-19/h5-15,17-18,25H,4,16H2,1-3H3,(H,29,31)(H,30,32). The number of benzene rings is 3. The summed E-state index contributed by atoms with van der Waals surface area (Å²) < 4.78 is 0. The van der Waals surface area contributed by atoms with E-state index >= 15 is 0 Å². The lowest BCUT2D eigenvalue weighted by atomic mass is 10.0. The third-order valence-corrected chi connectivity index (χ3v) is 6.79. The van der Waals surface area contributed by atoms with Gasteiger partial charge in [0, 0.05) is 21.3 Å². The molecule has 172 valence electrons. The number of rotatable bonds is 9. The van der Waals surface area contributed by atoms with E-state index in [1.807, 2.05) is 67.6 Å². The maximum atomic E-state index is 12.8. The molecule has 1 unspecified atom stereocenters. The Morgan fingerprint density at radius 2 is 1.61 bits per heavy atom. The number of thioether (sulfide) groups is 1. The van der Waals surface area contributed by atoms with Crippen molar-refractivity contribution in [3.05, 3.63) is 88.9 Å². The molecule has 0 spiro atoms. The first-order valence-electron chi connectivity index (χ1n) is 11.1. The van der Waals surface area contributed by atoms with Crippen molar-refractivity contribution in [1.29, 1.82) is 0 Å². The molecule has 0 saturated heterocycles. The molecule has 0 bridgehead atoms. The fraction of sp³-hybridized carbons (Fsp3) is 0.259. The van der Waals surface area contributed by atoms with Crippen molar-refractivity contribution in [2.24, 2.45) is 0 Å². The van der Waals surface area contributed by atoms with Gasteiger partial charge < -0.3 is 10.6 Å². The van der Waals surface area contributed by atoms with Crippen molar-refractivity contribution in [2.45, 2.75) is 49.7 Å². The van der Waals surface area contributed by atoms with Crippen LogP contribution in [0.2, 0.25) is 5.02 Å². The maximum Gasteiger partial charge on any atom is 0.237 e. The summed E-state index contributed by atoms with van der Waals surface area (Å²) in [6.45, 7) is 6.29. The van der Waals surface area contributed by atoms with E-state index in [0.717, 1.165) is 16.1 Å². The number of carbonyl (C=O) groups is 2. The van der Waals surface area contributed by atoms with Gasteiger partial charge in [0.05, 0.1) is 11.7 Å². The van der Waals surface area contributed by atoms with Gasteiger partial charge in [-0.2, -0.15) is 0 Å². The highest BCUT2D eigenvalue weighted by Crippen LogP contribution is 2.29. The Labute approximate surface area is 205 Å². The van der Waals surface area contributed by atoms with Crippen LogP contribution >= 0.6 is 23.4 Å². The monoisotopic (exact) mass is 480 g/mol. The number of halogens is 1. The van der Waals surface area contributed by atoms with Gasteiger partial charge in [-0.15, -0.1) is 11.8 Å². The maximum absolute atomic E-state index is 12.8. The van der Waals surface area contributed by atoms with Gasteiger partial charge in [-0.3, -0.25) is 9.59 Å². The molecule has 2 N–H and O–H groups in total. The van der Waals surface area contributed by atoms with Gasteiger partial charge in [0.2, 0.25) is 11.8 Å². The van der Waals surface area contributed by atoms with Crippen molar-refractivity contribution in [3.63, 3.8) is 0 Å². The lowest BCUT2D eigenvalue weighted by Gasteiger charge is -2.16. The molecule has 2 amide bonds. The summed E-state index contributed by atoms with van der Waals surface area (Å²) in [4.78, 5) is 26.2. The van der Waals surface area contributed by atoms with E-state index in [0.29, 0.717) is 23.0 Å². The Morgan fingerprint density at radius 1 is 0.909 bits per heavy atom. The zero-order chi connectivity index (χ0) is 23.8. The molecule has 0 aliphatic heterocycles. The van der Waals surface area contributed by atoms with Crippen LogP contribution in [-0.2, 0) is 16.0 Å². The van der Waals surface area contributed by atoms with Gasteiger partial charge in [-0.1, -0.05) is 62.7 Å². The third kappa shape index (κ3) is 7.65. The van der Waals surface area contributed by atoms with E-state index in [2.05, 4.69) is 24.5 Å². The van der Waals surface area contributed by atoms with Gasteiger partial charge >= 0.3 is 0 Å². The van der Waals surface area contributed by atoms with Crippen LogP contribution in [0.15, 0.2) is 77.7 Å². The van der Waals surface area contributed by atoms with E-state index in [4.69, 9.17) is 11.6 Å². The second-order valence-corrected chi connectivity index (χ2v) is 9.87. The molecule has 3 aromatic rings. The molecule has 0 aliphatic carbocycles. The van der Waals surface area contributed by atoms with E-state index in [1.54, 1.807) is 12.1 Å². The lowest BCUT2D eigenvalue weighted by Crippen LogP contribution is -2.24. The van der Waals surface area contributed by atoms with Crippen LogP contribution in [0.5, 0.6) is 0 Å². The van der Waals surface area contributed by atoms with Crippen LogP contribution in [0.3, 0.4) is 0 Å². The number of nitrogens with one attached hydrogen (secondary N) is 2. The second kappa shape index (κ2) is 11.9. The molecule has 0 aliphatic rings. The van der Waals surface area contributed by atoms with Gasteiger partial charge in [-0.25, -0.2) is 0 Å². The molecule has 1 atom stereocenters. The zero-order valence-corrected chi connectivity index (χ0v) is 20.7. The van der Waals surface area contributed by atoms with Crippen molar-refractivity contribution in [3.8, 4) is 0 Å². The molecule has 4 nitrogen and oxygen atoms in total. The zero-order valence-electron chi connectivity index (χ0n) is 19.1. The minimum Gasteiger partial charge on any atom is -0.326 e. The molecule has 6 heteroatoms. The first kappa shape index (κ1) is 24.9. The van der Waals surface area contributed by atoms with Crippen LogP contribution < -0.4 is 10.6 Å². The van der Waals surface area contributed by atoms with E-state index in [1.165, 1.54) is 17.3 Å². The Morgan fingerprint density at radius 3 is 2.24 bits per heavy atom. The Bertz CT molecular complexity index is 1080. The van der Waals surface area contributed by atoms with E-state index in [9.17, 15) is 9.59 Å². The van der Waals surface area contributed by atoms with Crippen LogP contribution in [0.1, 0.15) is 44.2 Å². The topological polar surface area (TPSA) is 58.2 Å². The fourth-order valence-electron chi connectivity index (χ4n) is 3.30. The summed E-state index contributed by atoms with van der Waals surface area (Å²) >= 11 is 7.40. The molecular formula is C27H29ClN2O2S. The molecule has 33 heavy (non-hydrogen) atoms. The number of anilines is 2. The van der Waals surface area contributed by atoms with Crippen LogP contribution in [-0.4, -0.2) is 17.1 Å². The van der Waals surface area contributed by atoms with Crippen LogP contribution in [0.4, 0.5) is 11.4 Å². The van der Waals surface area contributed by atoms with E-state index in [-0.39, 0.29) is 23.5 Å². The summed E-state index contributed by atoms with van der Waals surface area (Å²) in [5.74, 6) is 0.318. The van der Waals surface area contributed by atoms with Gasteiger partial charge in [0.15, 0.2) is 0 Å². The lowest BCUT2D eigenvalue weighted by molar-refractivity contribution is -0.116. The third-order valence-electron chi connectivity index (χ3n) is 5.18. The van der Waals surface area contributed by atoms with Crippen molar-refractivity contribution >= 4 is 46.6 Å². The van der Waals surface area contributed by atoms with Gasteiger partial charge in [0.1, 0.15) is 0 Å². The molecule has 0 fully saturated rings. The van der Waals surface area contributed by atoms with Gasteiger partial charge in [-0.05, 0) is 65.9 Å². The number of amides is 2. The van der Waals surface area contributed by atoms with Crippen molar-refractivity contribution in [1.82, 2.24) is 0 Å². The van der Waals surface area contributed by atoms with Crippen molar-refractivity contribution in [2.75, 3.05) is 10.6 Å². The molecule has 3 rings (SSSR count). The minimum absolute atomic E-state index is 0.0306.